The second-order valence-electron chi connectivity index (χ2n) is 6.64. The maximum absolute atomic E-state index is 12.7. The first kappa shape index (κ1) is 20.1. The number of amides is 2. The molecule has 2 N–H and O–H groups in total. The fourth-order valence-corrected chi connectivity index (χ4v) is 2.87. The Morgan fingerprint density at radius 1 is 1.10 bits per heavy atom. The molecule has 0 bridgehead atoms. The lowest BCUT2D eigenvalue weighted by Crippen LogP contribution is -2.29. The quantitative estimate of drug-likeness (QED) is 0.485. The van der Waals surface area contributed by atoms with Crippen LogP contribution in [-0.4, -0.2) is 28.3 Å². The van der Waals surface area contributed by atoms with Gasteiger partial charge in [0.1, 0.15) is 11.3 Å². The Bertz CT molecular complexity index is 1030. The number of urea groups is 1. The fourth-order valence-electron chi connectivity index (χ4n) is 2.87. The van der Waals surface area contributed by atoms with Crippen molar-refractivity contribution < 1.29 is 14.3 Å². The minimum absolute atomic E-state index is 0.300. The fraction of sp³-hybridized carbons (Fsp3) is 0.227. The summed E-state index contributed by atoms with van der Waals surface area (Å²) in [5.74, 6) is -0.166. The van der Waals surface area contributed by atoms with Crippen LogP contribution in [0.4, 0.5) is 10.5 Å². The molecule has 2 aromatic carbocycles. The van der Waals surface area contributed by atoms with Gasteiger partial charge >= 0.3 is 12.0 Å². The summed E-state index contributed by atoms with van der Waals surface area (Å²) in [6.45, 7) is 6.38. The molecule has 3 aromatic rings. The number of aryl methyl sites for hydroxylation is 1. The third-order valence-electron chi connectivity index (χ3n) is 4.41. The number of hydrogen-bond donors (Lipinski definition) is 2. The second kappa shape index (κ2) is 9.05. The highest BCUT2D eigenvalue weighted by Gasteiger charge is 2.18. The van der Waals surface area contributed by atoms with Gasteiger partial charge in [-0.2, -0.15) is 5.10 Å². The Balaban J connectivity index is 1.74. The molecular formula is C22H24N4O3. The Kier molecular flexibility index (Phi) is 6.29. The molecule has 3 rings (SSSR count). The number of benzene rings is 2. The number of rotatable bonds is 6. The third-order valence-corrected chi connectivity index (χ3v) is 4.41. The number of nitrogens with one attached hydrogen (secondary N) is 2. The average molecular weight is 392 g/mol. The van der Waals surface area contributed by atoms with E-state index in [4.69, 9.17) is 4.74 Å². The smallest absolute Gasteiger partial charge is 0.347 e. The highest BCUT2D eigenvalue weighted by atomic mass is 16.5. The zero-order valence-corrected chi connectivity index (χ0v) is 16.7. The Morgan fingerprint density at radius 3 is 2.66 bits per heavy atom. The van der Waals surface area contributed by atoms with Crippen molar-refractivity contribution in [3.05, 3.63) is 71.5 Å². The molecule has 2 amide bonds. The number of carbonyl (C=O) groups is 2. The van der Waals surface area contributed by atoms with Crippen LogP contribution in [-0.2, 0) is 0 Å². The van der Waals surface area contributed by atoms with E-state index in [2.05, 4.69) is 15.7 Å². The first-order valence-corrected chi connectivity index (χ1v) is 9.47. The van der Waals surface area contributed by atoms with Gasteiger partial charge in [-0.05, 0) is 44.0 Å². The second-order valence-corrected chi connectivity index (χ2v) is 6.64. The number of para-hydroxylation sites is 1. The number of ether oxygens (including phenoxy) is 1. The van der Waals surface area contributed by atoms with E-state index in [1.54, 1.807) is 28.9 Å². The minimum atomic E-state index is -0.505. The van der Waals surface area contributed by atoms with Crippen LogP contribution in [0.3, 0.4) is 0 Å². The molecule has 0 aliphatic carbocycles. The zero-order valence-electron chi connectivity index (χ0n) is 16.7. The van der Waals surface area contributed by atoms with Gasteiger partial charge in [0.15, 0.2) is 0 Å². The van der Waals surface area contributed by atoms with Gasteiger partial charge < -0.3 is 15.4 Å². The lowest BCUT2D eigenvalue weighted by atomic mass is 10.2. The normalized spacial score (nSPS) is 10.4. The SMILES string of the molecule is CCCNC(=O)Nc1cccc(OC(=O)c2cnn(-c3ccccc3C)c2C)c1. The molecule has 29 heavy (non-hydrogen) atoms. The van der Waals surface area contributed by atoms with Crippen LogP contribution in [0, 0.1) is 13.8 Å². The van der Waals surface area contributed by atoms with Gasteiger partial charge in [-0.1, -0.05) is 31.2 Å². The maximum atomic E-state index is 12.7. The molecule has 0 aliphatic rings. The number of aromatic nitrogens is 2. The molecule has 0 saturated carbocycles. The molecule has 0 radical (unpaired) electrons. The van der Waals surface area contributed by atoms with Crippen LogP contribution in [0.2, 0.25) is 0 Å². The van der Waals surface area contributed by atoms with Crippen LogP contribution in [0.15, 0.2) is 54.7 Å². The molecule has 1 aromatic heterocycles. The third kappa shape index (κ3) is 4.82. The van der Waals surface area contributed by atoms with E-state index < -0.39 is 5.97 Å². The summed E-state index contributed by atoms with van der Waals surface area (Å²) < 4.78 is 7.22. The van der Waals surface area contributed by atoms with E-state index in [0.29, 0.717) is 29.2 Å². The van der Waals surface area contributed by atoms with E-state index in [0.717, 1.165) is 17.7 Å². The van der Waals surface area contributed by atoms with Crippen molar-refractivity contribution in [1.82, 2.24) is 15.1 Å². The molecule has 0 unspecified atom stereocenters. The summed E-state index contributed by atoms with van der Waals surface area (Å²) in [6.07, 6.45) is 2.35. The Morgan fingerprint density at radius 2 is 1.90 bits per heavy atom. The van der Waals surface area contributed by atoms with Crippen molar-refractivity contribution in [3.63, 3.8) is 0 Å². The predicted molar refractivity (Wildman–Crippen MR) is 112 cm³/mol. The topological polar surface area (TPSA) is 85.2 Å². The molecule has 0 atom stereocenters. The first-order chi connectivity index (χ1) is 14.0. The van der Waals surface area contributed by atoms with Gasteiger partial charge in [-0.15, -0.1) is 0 Å². The summed E-state index contributed by atoms with van der Waals surface area (Å²) in [4.78, 5) is 24.5. The largest absolute Gasteiger partial charge is 0.423 e. The van der Waals surface area contributed by atoms with Gasteiger partial charge in [-0.25, -0.2) is 14.3 Å². The summed E-state index contributed by atoms with van der Waals surface area (Å²) in [5.41, 5.74) is 3.58. The van der Waals surface area contributed by atoms with E-state index in [-0.39, 0.29) is 6.03 Å². The van der Waals surface area contributed by atoms with Gasteiger partial charge in [0.25, 0.3) is 0 Å². The zero-order chi connectivity index (χ0) is 20.8. The summed E-state index contributed by atoms with van der Waals surface area (Å²) in [7, 11) is 0. The van der Waals surface area contributed by atoms with Gasteiger partial charge in [0.2, 0.25) is 0 Å². The molecule has 150 valence electrons. The molecular weight excluding hydrogens is 368 g/mol. The lowest BCUT2D eigenvalue weighted by molar-refractivity contribution is 0.0734. The Hall–Kier alpha value is -3.61. The van der Waals surface area contributed by atoms with E-state index in [9.17, 15) is 9.59 Å². The monoisotopic (exact) mass is 392 g/mol. The highest BCUT2D eigenvalue weighted by Crippen LogP contribution is 2.21. The van der Waals surface area contributed by atoms with Crippen molar-refractivity contribution >= 4 is 17.7 Å². The number of hydrogen-bond acceptors (Lipinski definition) is 4. The average Bonchev–Trinajstić information content (AvgIpc) is 3.08. The standard InChI is InChI=1S/C22H24N4O3/c1-4-12-23-22(28)25-17-9-7-10-18(13-17)29-21(27)19-14-24-26(16(19)3)20-11-6-5-8-15(20)2/h5-11,13-14H,4,12H2,1-3H3,(H2,23,25,28). The number of nitrogens with zero attached hydrogens (tertiary/aromatic N) is 2. The number of carbonyl (C=O) groups excluding carboxylic acids is 2. The van der Waals surface area contributed by atoms with Crippen molar-refractivity contribution in [2.45, 2.75) is 27.2 Å². The summed E-state index contributed by atoms with van der Waals surface area (Å²) in [5, 5.41) is 9.79. The van der Waals surface area contributed by atoms with Crippen LogP contribution < -0.4 is 15.4 Å². The lowest BCUT2D eigenvalue weighted by Gasteiger charge is -2.10. The minimum Gasteiger partial charge on any atom is -0.423 e. The Labute approximate surface area is 169 Å². The molecule has 1 heterocycles. The molecule has 7 heteroatoms. The highest BCUT2D eigenvalue weighted by molar-refractivity contribution is 5.93. The summed E-state index contributed by atoms with van der Waals surface area (Å²) in [6, 6.07) is 14.2. The van der Waals surface area contributed by atoms with Crippen LogP contribution in [0.25, 0.3) is 5.69 Å². The molecule has 0 fully saturated rings. The van der Waals surface area contributed by atoms with Gasteiger partial charge in [-0.3, -0.25) is 0 Å². The molecule has 7 nitrogen and oxygen atoms in total. The van der Waals surface area contributed by atoms with E-state index in [1.807, 2.05) is 45.0 Å². The van der Waals surface area contributed by atoms with Crippen molar-refractivity contribution in [1.29, 1.82) is 0 Å². The molecule has 0 saturated heterocycles. The number of esters is 1. The van der Waals surface area contributed by atoms with Crippen molar-refractivity contribution in [2.24, 2.45) is 0 Å². The maximum Gasteiger partial charge on any atom is 0.347 e. The van der Waals surface area contributed by atoms with Gasteiger partial charge in [0.05, 0.1) is 17.6 Å². The molecule has 0 aliphatic heterocycles. The van der Waals surface area contributed by atoms with Crippen LogP contribution >= 0.6 is 0 Å². The van der Waals surface area contributed by atoms with Gasteiger partial charge in [0, 0.05) is 18.3 Å². The van der Waals surface area contributed by atoms with Crippen LogP contribution in [0.1, 0.15) is 35.0 Å². The summed E-state index contributed by atoms with van der Waals surface area (Å²) >= 11 is 0. The predicted octanol–water partition coefficient (Wildman–Crippen LogP) is 4.24. The van der Waals surface area contributed by atoms with E-state index >= 15 is 0 Å². The number of anilines is 1. The van der Waals surface area contributed by atoms with Crippen LogP contribution in [0.5, 0.6) is 5.75 Å². The van der Waals surface area contributed by atoms with Crippen molar-refractivity contribution in [2.75, 3.05) is 11.9 Å². The van der Waals surface area contributed by atoms with Crippen molar-refractivity contribution in [3.8, 4) is 11.4 Å². The van der Waals surface area contributed by atoms with E-state index in [1.165, 1.54) is 6.20 Å². The first-order valence-electron chi connectivity index (χ1n) is 9.47. The molecule has 0 spiro atoms.